The lowest BCUT2D eigenvalue weighted by Gasteiger charge is -2.24. The number of methoxy groups -OCH3 is 1. The van der Waals surface area contributed by atoms with Gasteiger partial charge in [-0.05, 0) is 36.1 Å². The molecule has 0 aliphatic rings. The molecule has 0 aliphatic heterocycles. The largest absolute Gasteiger partial charge is 0.496 e. The van der Waals surface area contributed by atoms with Gasteiger partial charge in [0.1, 0.15) is 17.1 Å². The third kappa shape index (κ3) is 3.62. The van der Waals surface area contributed by atoms with Crippen molar-refractivity contribution in [2.75, 3.05) is 12.4 Å². The lowest BCUT2D eigenvalue weighted by Crippen LogP contribution is -2.28. The summed E-state index contributed by atoms with van der Waals surface area (Å²) in [6.45, 7) is 4.40. The van der Waals surface area contributed by atoms with Gasteiger partial charge in [0.2, 0.25) is 0 Å². The van der Waals surface area contributed by atoms with Gasteiger partial charge in [-0.1, -0.05) is 32.0 Å². The Kier molecular flexibility index (Phi) is 4.89. The normalized spacial score (nSPS) is 12.3. The molecule has 0 amide bonds. The number of benzene rings is 1. The third-order valence-corrected chi connectivity index (χ3v) is 4.10. The second kappa shape index (κ2) is 7.25. The van der Waals surface area contributed by atoms with Crippen LogP contribution in [0.25, 0.3) is 11.2 Å². The zero-order valence-corrected chi connectivity index (χ0v) is 14.2. The zero-order valence-electron chi connectivity index (χ0n) is 14.2. The molecule has 1 N–H and O–H groups in total. The molecule has 0 bridgehead atoms. The van der Waals surface area contributed by atoms with E-state index in [2.05, 4.69) is 40.2 Å². The number of fused-ring (bicyclic) bond motifs is 1. The van der Waals surface area contributed by atoms with Crippen LogP contribution >= 0.6 is 0 Å². The number of hydrogen-bond donors (Lipinski definition) is 1. The van der Waals surface area contributed by atoms with Crippen LogP contribution in [0, 0.1) is 5.92 Å². The molecular weight excluding hydrogens is 300 g/mol. The summed E-state index contributed by atoms with van der Waals surface area (Å²) in [5, 5.41) is 3.54. The fourth-order valence-electron chi connectivity index (χ4n) is 2.69. The standard InChI is InChI=1S/C19H22N4O/c1-13(2)16(12-14-6-4-5-7-17(14)24-3)22-18-9-8-15-19(23-18)21-11-10-20-15/h4-11,13,16H,12H2,1-3H3,(H,21,22,23). The van der Waals surface area contributed by atoms with Crippen LogP contribution in [0.4, 0.5) is 5.82 Å². The van der Waals surface area contributed by atoms with Gasteiger partial charge in [-0.3, -0.25) is 4.98 Å². The average Bonchev–Trinajstić information content (AvgIpc) is 2.61. The Morgan fingerprint density at radius 1 is 1.04 bits per heavy atom. The Bertz CT molecular complexity index is 819. The van der Waals surface area contributed by atoms with Gasteiger partial charge in [0.25, 0.3) is 0 Å². The van der Waals surface area contributed by atoms with Crippen LogP contribution in [0.3, 0.4) is 0 Å². The lowest BCUT2D eigenvalue weighted by atomic mass is 9.96. The maximum absolute atomic E-state index is 5.47. The number of rotatable bonds is 6. The van der Waals surface area contributed by atoms with Crippen molar-refractivity contribution >= 4 is 17.0 Å². The topological polar surface area (TPSA) is 59.9 Å². The van der Waals surface area contributed by atoms with E-state index in [4.69, 9.17) is 4.74 Å². The molecule has 0 saturated carbocycles. The molecule has 124 valence electrons. The molecule has 0 spiro atoms. The van der Waals surface area contributed by atoms with E-state index in [-0.39, 0.29) is 6.04 Å². The minimum absolute atomic E-state index is 0.239. The minimum Gasteiger partial charge on any atom is -0.496 e. The van der Waals surface area contributed by atoms with E-state index >= 15 is 0 Å². The molecule has 5 heteroatoms. The number of nitrogens with zero attached hydrogens (tertiary/aromatic N) is 3. The first-order valence-electron chi connectivity index (χ1n) is 8.13. The summed E-state index contributed by atoms with van der Waals surface area (Å²) in [5.74, 6) is 2.17. The van der Waals surface area contributed by atoms with Crippen molar-refractivity contribution in [3.8, 4) is 5.75 Å². The third-order valence-electron chi connectivity index (χ3n) is 4.10. The second-order valence-electron chi connectivity index (χ2n) is 6.11. The van der Waals surface area contributed by atoms with Gasteiger partial charge in [0, 0.05) is 18.4 Å². The fraction of sp³-hybridized carbons (Fsp3) is 0.316. The molecule has 0 saturated heterocycles. The molecule has 0 fully saturated rings. The van der Waals surface area contributed by atoms with Crippen LogP contribution in [0.5, 0.6) is 5.75 Å². The molecule has 5 nitrogen and oxygen atoms in total. The number of para-hydroxylation sites is 1. The molecule has 1 atom stereocenters. The molecule has 0 aliphatic carbocycles. The Labute approximate surface area is 142 Å². The van der Waals surface area contributed by atoms with Crippen LogP contribution in [-0.2, 0) is 6.42 Å². The fourth-order valence-corrected chi connectivity index (χ4v) is 2.69. The summed E-state index contributed by atoms with van der Waals surface area (Å²) in [5.41, 5.74) is 2.64. The molecule has 2 heterocycles. The van der Waals surface area contributed by atoms with Gasteiger partial charge >= 0.3 is 0 Å². The van der Waals surface area contributed by atoms with Gasteiger partial charge in [0.05, 0.1) is 7.11 Å². The van der Waals surface area contributed by atoms with Crippen molar-refractivity contribution in [2.45, 2.75) is 26.3 Å². The maximum Gasteiger partial charge on any atom is 0.180 e. The van der Waals surface area contributed by atoms with Crippen molar-refractivity contribution in [1.82, 2.24) is 15.0 Å². The molecular formula is C19H22N4O. The highest BCUT2D eigenvalue weighted by atomic mass is 16.5. The maximum atomic E-state index is 5.47. The molecule has 1 unspecified atom stereocenters. The monoisotopic (exact) mass is 322 g/mol. The van der Waals surface area contributed by atoms with E-state index in [1.54, 1.807) is 19.5 Å². The van der Waals surface area contributed by atoms with Crippen LogP contribution in [0.1, 0.15) is 19.4 Å². The number of pyridine rings is 1. The SMILES string of the molecule is COc1ccccc1CC(Nc1ccc2nccnc2n1)C(C)C. The zero-order chi connectivity index (χ0) is 16.9. The first-order chi connectivity index (χ1) is 11.7. The van der Waals surface area contributed by atoms with Crippen molar-refractivity contribution in [3.05, 3.63) is 54.4 Å². The predicted molar refractivity (Wildman–Crippen MR) is 96.3 cm³/mol. The van der Waals surface area contributed by atoms with Crippen LogP contribution in [0.2, 0.25) is 0 Å². The number of hydrogen-bond acceptors (Lipinski definition) is 5. The van der Waals surface area contributed by atoms with E-state index in [1.807, 2.05) is 30.3 Å². The van der Waals surface area contributed by atoms with E-state index in [0.29, 0.717) is 11.6 Å². The van der Waals surface area contributed by atoms with Crippen molar-refractivity contribution in [2.24, 2.45) is 5.92 Å². The van der Waals surface area contributed by atoms with Gasteiger partial charge in [-0.2, -0.15) is 0 Å². The summed E-state index contributed by atoms with van der Waals surface area (Å²) < 4.78 is 5.47. The number of ether oxygens (including phenoxy) is 1. The average molecular weight is 322 g/mol. The molecule has 3 aromatic rings. The van der Waals surface area contributed by atoms with E-state index in [0.717, 1.165) is 23.5 Å². The summed E-state index contributed by atoms with van der Waals surface area (Å²) in [6.07, 6.45) is 4.20. The molecule has 24 heavy (non-hydrogen) atoms. The van der Waals surface area contributed by atoms with E-state index in [9.17, 15) is 0 Å². The molecule has 3 rings (SSSR count). The first-order valence-corrected chi connectivity index (χ1v) is 8.13. The minimum atomic E-state index is 0.239. The summed E-state index contributed by atoms with van der Waals surface area (Å²) in [7, 11) is 1.71. The van der Waals surface area contributed by atoms with E-state index in [1.165, 1.54) is 5.56 Å². The second-order valence-corrected chi connectivity index (χ2v) is 6.11. The molecule has 0 radical (unpaired) electrons. The summed E-state index contributed by atoms with van der Waals surface area (Å²) >= 11 is 0. The molecule has 2 aromatic heterocycles. The van der Waals surface area contributed by atoms with Crippen molar-refractivity contribution in [3.63, 3.8) is 0 Å². The van der Waals surface area contributed by atoms with Gasteiger partial charge in [0.15, 0.2) is 5.65 Å². The van der Waals surface area contributed by atoms with Crippen molar-refractivity contribution in [1.29, 1.82) is 0 Å². The summed E-state index contributed by atoms with van der Waals surface area (Å²) in [4.78, 5) is 13.1. The highest BCUT2D eigenvalue weighted by molar-refractivity contribution is 5.71. The van der Waals surface area contributed by atoms with Gasteiger partial charge in [-0.15, -0.1) is 0 Å². The first kappa shape index (κ1) is 16.2. The van der Waals surface area contributed by atoms with Gasteiger partial charge in [-0.25, -0.2) is 9.97 Å². The van der Waals surface area contributed by atoms with Crippen LogP contribution < -0.4 is 10.1 Å². The Morgan fingerprint density at radius 3 is 2.62 bits per heavy atom. The van der Waals surface area contributed by atoms with E-state index < -0.39 is 0 Å². The highest BCUT2D eigenvalue weighted by Crippen LogP contribution is 2.23. The van der Waals surface area contributed by atoms with Crippen LogP contribution in [-0.4, -0.2) is 28.1 Å². The highest BCUT2D eigenvalue weighted by Gasteiger charge is 2.17. The number of anilines is 1. The van der Waals surface area contributed by atoms with Crippen molar-refractivity contribution < 1.29 is 4.74 Å². The van der Waals surface area contributed by atoms with Crippen LogP contribution in [0.15, 0.2) is 48.8 Å². The lowest BCUT2D eigenvalue weighted by molar-refractivity contribution is 0.405. The van der Waals surface area contributed by atoms with Gasteiger partial charge < -0.3 is 10.1 Å². The Hall–Kier alpha value is -2.69. The molecule has 1 aromatic carbocycles. The Balaban J connectivity index is 1.82. The quantitative estimate of drug-likeness (QED) is 0.749. The smallest absolute Gasteiger partial charge is 0.180 e. The number of aromatic nitrogens is 3. The number of nitrogens with one attached hydrogen (secondary N) is 1. The summed E-state index contributed by atoms with van der Waals surface area (Å²) in [6, 6.07) is 12.3. The predicted octanol–water partition coefficient (Wildman–Crippen LogP) is 3.71. The Morgan fingerprint density at radius 2 is 1.83 bits per heavy atom.